The number of nitrogens with zero attached hydrogens (tertiary/aromatic N) is 2. The molecule has 1 rings (SSSR count). The fourth-order valence-corrected chi connectivity index (χ4v) is 2.09. The summed E-state index contributed by atoms with van der Waals surface area (Å²) in [6.45, 7) is 5.85. The van der Waals surface area contributed by atoms with Crippen molar-refractivity contribution in [3.63, 3.8) is 0 Å². The molecule has 1 aliphatic heterocycles. The van der Waals surface area contributed by atoms with Gasteiger partial charge < -0.3 is 9.64 Å². The average Bonchev–Trinajstić information content (AvgIpc) is 2.85. The fraction of sp³-hybridized carbons (Fsp3) is 0.846. The van der Waals surface area contributed by atoms with E-state index in [4.69, 9.17) is 10.00 Å². The number of nitriles is 1. The molecule has 2 atom stereocenters. The van der Waals surface area contributed by atoms with Crippen molar-refractivity contribution in [2.45, 2.75) is 45.6 Å². The van der Waals surface area contributed by atoms with Crippen molar-refractivity contribution in [2.24, 2.45) is 5.92 Å². The first-order valence-electron chi connectivity index (χ1n) is 6.46. The van der Waals surface area contributed by atoms with Gasteiger partial charge in [-0.05, 0) is 33.1 Å². The van der Waals surface area contributed by atoms with Gasteiger partial charge in [0.15, 0.2) is 0 Å². The third kappa shape index (κ3) is 4.74. The SMILES string of the molecule is CCN(CC(C)C#N)C(=O)CCC1CCCO1. The first kappa shape index (κ1) is 14.0. The van der Waals surface area contributed by atoms with E-state index in [2.05, 4.69) is 6.07 Å². The molecule has 4 heteroatoms. The molecule has 4 nitrogen and oxygen atoms in total. The summed E-state index contributed by atoms with van der Waals surface area (Å²) >= 11 is 0. The Bertz CT molecular complexity index is 280. The van der Waals surface area contributed by atoms with Gasteiger partial charge in [-0.1, -0.05) is 0 Å². The quantitative estimate of drug-likeness (QED) is 0.710. The molecule has 1 fully saturated rings. The maximum atomic E-state index is 11.9. The van der Waals surface area contributed by atoms with Crippen LogP contribution in [0.1, 0.15) is 39.5 Å². The Morgan fingerprint density at radius 1 is 1.65 bits per heavy atom. The number of amides is 1. The lowest BCUT2D eigenvalue weighted by Gasteiger charge is -2.22. The maximum Gasteiger partial charge on any atom is 0.222 e. The lowest BCUT2D eigenvalue weighted by molar-refractivity contribution is -0.132. The molecule has 0 bridgehead atoms. The Labute approximate surface area is 104 Å². The Balaban J connectivity index is 2.30. The minimum Gasteiger partial charge on any atom is -0.378 e. The highest BCUT2D eigenvalue weighted by atomic mass is 16.5. The van der Waals surface area contributed by atoms with E-state index in [9.17, 15) is 4.79 Å². The van der Waals surface area contributed by atoms with Gasteiger partial charge in [0.05, 0.1) is 18.1 Å². The summed E-state index contributed by atoms with van der Waals surface area (Å²) in [5.41, 5.74) is 0. The highest BCUT2D eigenvalue weighted by Crippen LogP contribution is 2.17. The molecular formula is C13H22N2O2. The Kier molecular flexibility index (Phi) is 5.99. The van der Waals surface area contributed by atoms with Crippen LogP contribution in [0, 0.1) is 17.2 Å². The second-order valence-corrected chi connectivity index (χ2v) is 4.64. The van der Waals surface area contributed by atoms with Gasteiger partial charge >= 0.3 is 0 Å². The second-order valence-electron chi connectivity index (χ2n) is 4.64. The van der Waals surface area contributed by atoms with Gasteiger partial charge in [-0.25, -0.2) is 0 Å². The molecule has 0 radical (unpaired) electrons. The highest BCUT2D eigenvalue weighted by molar-refractivity contribution is 5.76. The van der Waals surface area contributed by atoms with Gasteiger partial charge in [-0.3, -0.25) is 4.79 Å². The average molecular weight is 238 g/mol. The van der Waals surface area contributed by atoms with Crippen molar-refractivity contribution < 1.29 is 9.53 Å². The molecule has 17 heavy (non-hydrogen) atoms. The molecule has 1 aliphatic rings. The van der Waals surface area contributed by atoms with Crippen molar-refractivity contribution >= 4 is 5.91 Å². The van der Waals surface area contributed by atoms with Gasteiger partial charge in [0.25, 0.3) is 0 Å². The van der Waals surface area contributed by atoms with Crippen LogP contribution in [0.5, 0.6) is 0 Å². The predicted molar refractivity (Wildman–Crippen MR) is 65.2 cm³/mol. The van der Waals surface area contributed by atoms with Gasteiger partial charge in [0.2, 0.25) is 5.91 Å². The Morgan fingerprint density at radius 2 is 2.41 bits per heavy atom. The van der Waals surface area contributed by atoms with E-state index in [1.165, 1.54) is 0 Å². The van der Waals surface area contributed by atoms with Crippen LogP contribution in [-0.4, -0.2) is 36.6 Å². The molecule has 1 heterocycles. The van der Waals surface area contributed by atoms with Crippen LogP contribution in [-0.2, 0) is 9.53 Å². The number of hydrogen-bond donors (Lipinski definition) is 0. The highest BCUT2D eigenvalue weighted by Gasteiger charge is 2.19. The summed E-state index contributed by atoms with van der Waals surface area (Å²) in [5, 5.41) is 8.76. The molecule has 0 aromatic heterocycles. The summed E-state index contributed by atoms with van der Waals surface area (Å²) in [4.78, 5) is 13.7. The van der Waals surface area contributed by atoms with Crippen LogP contribution in [0.4, 0.5) is 0 Å². The largest absolute Gasteiger partial charge is 0.378 e. The van der Waals surface area contributed by atoms with E-state index in [0.717, 1.165) is 25.9 Å². The van der Waals surface area contributed by atoms with Crippen molar-refractivity contribution in [3.8, 4) is 6.07 Å². The topological polar surface area (TPSA) is 53.3 Å². The molecule has 1 amide bonds. The third-order valence-electron chi connectivity index (χ3n) is 3.15. The van der Waals surface area contributed by atoms with Crippen molar-refractivity contribution in [2.75, 3.05) is 19.7 Å². The van der Waals surface area contributed by atoms with E-state index in [-0.39, 0.29) is 17.9 Å². The van der Waals surface area contributed by atoms with Crippen molar-refractivity contribution in [3.05, 3.63) is 0 Å². The molecular weight excluding hydrogens is 216 g/mol. The van der Waals surface area contributed by atoms with Crippen molar-refractivity contribution in [1.82, 2.24) is 4.90 Å². The Morgan fingerprint density at radius 3 is 2.94 bits per heavy atom. The smallest absolute Gasteiger partial charge is 0.222 e. The maximum absolute atomic E-state index is 11.9. The summed E-state index contributed by atoms with van der Waals surface area (Å²) in [6, 6.07) is 2.16. The zero-order chi connectivity index (χ0) is 12.7. The zero-order valence-corrected chi connectivity index (χ0v) is 10.8. The van der Waals surface area contributed by atoms with Crippen LogP contribution in [0.2, 0.25) is 0 Å². The molecule has 0 aromatic carbocycles. The lowest BCUT2D eigenvalue weighted by atomic mass is 10.1. The number of hydrogen-bond acceptors (Lipinski definition) is 3. The number of carbonyl (C=O) groups is 1. The number of rotatable bonds is 6. The summed E-state index contributed by atoms with van der Waals surface area (Å²) < 4.78 is 5.50. The summed E-state index contributed by atoms with van der Waals surface area (Å²) in [7, 11) is 0. The molecule has 0 spiro atoms. The molecule has 2 unspecified atom stereocenters. The van der Waals surface area contributed by atoms with Gasteiger partial charge in [-0.2, -0.15) is 5.26 Å². The standard InChI is InChI=1S/C13H22N2O2/c1-3-15(10-11(2)9-14)13(16)7-6-12-5-4-8-17-12/h11-12H,3-8,10H2,1-2H3. The zero-order valence-electron chi connectivity index (χ0n) is 10.8. The predicted octanol–water partition coefficient (Wildman–Crippen LogP) is 1.95. The fourth-order valence-electron chi connectivity index (χ4n) is 2.09. The normalized spacial score (nSPS) is 20.9. The monoisotopic (exact) mass is 238 g/mol. The van der Waals surface area contributed by atoms with Crippen LogP contribution in [0.15, 0.2) is 0 Å². The van der Waals surface area contributed by atoms with E-state index in [0.29, 0.717) is 19.5 Å². The first-order valence-corrected chi connectivity index (χ1v) is 6.46. The van der Waals surface area contributed by atoms with E-state index >= 15 is 0 Å². The van der Waals surface area contributed by atoms with E-state index in [1.807, 2.05) is 13.8 Å². The lowest BCUT2D eigenvalue weighted by Crippen LogP contribution is -2.34. The molecule has 96 valence electrons. The summed E-state index contributed by atoms with van der Waals surface area (Å²) in [6.07, 6.45) is 3.81. The molecule has 0 N–H and O–H groups in total. The van der Waals surface area contributed by atoms with Crippen LogP contribution >= 0.6 is 0 Å². The first-order chi connectivity index (χ1) is 8.17. The van der Waals surface area contributed by atoms with E-state index < -0.39 is 0 Å². The third-order valence-corrected chi connectivity index (χ3v) is 3.15. The molecule has 0 saturated carbocycles. The second kappa shape index (κ2) is 7.29. The van der Waals surface area contributed by atoms with E-state index in [1.54, 1.807) is 4.90 Å². The molecule has 1 saturated heterocycles. The minimum atomic E-state index is -0.0957. The number of carbonyl (C=O) groups excluding carboxylic acids is 1. The van der Waals surface area contributed by atoms with Gasteiger partial charge in [0, 0.05) is 26.1 Å². The minimum absolute atomic E-state index is 0.0957. The Hall–Kier alpha value is -1.08. The van der Waals surface area contributed by atoms with Crippen molar-refractivity contribution in [1.29, 1.82) is 5.26 Å². The van der Waals surface area contributed by atoms with Crippen LogP contribution < -0.4 is 0 Å². The van der Waals surface area contributed by atoms with Crippen LogP contribution in [0.3, 0.4) is 0 Å². The number of ether oxygens (including phenoxy) is 1. The molecule has 0 aromatic rings. The van der Waals surface area contributed by atoms with Gasteiger partial charge in [-0.15, -0.1) is 0 Å². The summed E-state index contributed by atoms with van der Waals surface area (Å²) in [5.74, 6) is 0.0479. The van der Waals surface area contributed by atoms with Gasteiger partial charge in [0.1, 0.15) is 0 Å². The van der Waals surface area contributed by atoms with Crippen LogP contribution in [0.25, 0.3) is 0 Å². The molecule has 0 aliphatic carbocycles.